The molecule has 18 heavy (non-hydrogen) atoms. The summed E-state index contributed by atoms with van der Waals surface area (Å²) in [5.74, 6) is -0.913. The third kappa shape index (κ3) is 2.47. The molecule has 0 radical (unpaired) electrons. The molecular formula is C14H20N2O2. The van der Waals surface area contributed by atoms with Gasteiger partial charge in [-0.1, -0.05) is 12.8 Å². The van der Waals surface area contributed by atoms with E-state index in [1.165, 1.54) is 12.8 Å². The first-order chi connectivity index (χ1) is 8.41. The van der Waals surface area contributed by atoms with Crippen molar-refractivity contribution in [1.29, 1.82) is 0 Å². The van der Waals surface area contributed by atoms with E-state index >= 15 is 0 Å². The van der Waals surface area contributed by atoms with Crippen LogP contribution < -0.4 is 5.32 Å². The number of nitrogens with one attached hydrogen (secondary N) is 1. The number of aromatic nitrogens is 1. The van der Waals surface area contributed by atoms with E-state index in [2.05, 4.69) is 17.2 Å². The fraction of sp³-hybridized carbons (Fsp3) is 0.571. The molecular weight excluding hydrogens is 228 g/mol. The first-order valence-electron chi connectivity index (χ1n) is 6.41. The topological polar surface area (TPSA) is 62.2 Å². The van der Waals surface area contributed by atoms with Gasteiger partial charge in [-0.2, -0.15) is 0 Å². The van der Waals surface area contributed by atoms with E-state index < -0.39 is 5.97 Å². The Balaban J connectivity index is 2.39. The zero-order chi connectivity index (χ0) is 13.3. The first kappa shape index (κ1) is 12.9. The predicted octanol–water partition coefficient (Wildman–Crippen LogP) is 3.14. The maximum Gasteiger partial charge on any atom is 0.339 e. The largest absolute Gasteiger partial charge is 0.478 e. The van der Waals surface area contributed by atoms with Gasteiger partial charge in [-0.25, -0.2) is 4.79 Å². The highest BCUT2D eigenvalue weighted by atomic mass is 16.4. The normalized spacial score (nSPS) is 17.7. The molecule has 2 N–H and O–H groups in total. The molecule has 0 spiro atoms. The van der Waals surface area contributed by atoms with Crippen LogP contribution in [0.25, 0.3) is 0 Å². The van der Waals surface area contributed by atoms with Crippen molar-refractivity contribution in [2.75, 3.05) is 5.32 Å². The summed E-state index contributed by atoms with van der Waals surface area (Å²) in [6, 6.07) is 1.83. The van der Waals surface area contributed by atoms with Crippen LogP contribution in [0.5, 0.6) is 0 Å². The van der Waals surface area contributed by atoms with Crippen molar-refractivity contribution in [3.8, 4) is 0 Å². The summed E-state index contributed by atoms with van der Waals surface area (Å²) in [4.78, 5) is 15.6. The highest BCUT2D eigenvalue weighted by molar-refractivity contribution is 5.95. The van der Waals surface area contributed by atoms with Crippen molar-refractivity contribution >= 4 is 11.7 Å². The molecule has 4 heteroatoms. The van der Waals surface area contributed by atoms with Crippen molar-refractivity contribution in [3.63, 3.8) is 0 Å². The zero-order valence-electron chi connectivity index (χ0n) is 11.2. The van der Waals surface area contributed by atoms with Gasteiger partial charge in [-0.15, -0.1) is 0 Å². The number of carbonyl (C=O) groups is 1. The van der Waals surface area contributed by atoms with Crippen LogP contribution in [0.1, 0.15) is 54.4 Å². The van der Waals surface area contributed by atoms with Gasteiger partial charge in [0.2, 0.25) is 0 Å². The minimum absolute atomic E-state index is 0.0183. The van der Waals surface area contributed by atoms with Gasteiger partial charge in [0, 0.05) is 11.2 Å². The number of hydrogen-bond donors (Lipinski definition) is 2. The molecule has 98 valence electrons. The summed E-state index contributed by atoms with van der Waals surface area (Å²) < 4.78 is 0. The molecule has 0 atom stereocenters. The number of rotatable bonds is 3. The average molecular weight is 248 g/mol. The molecule has 1 aliphatic carbocycles. The van der Waals surface area contributed by atoms with Gasteiger partial charge >= 0.3 is 5.97 Å². The van der Waals surface area contributed by atoms with E-state index in [4.69, 9.17) is 0 Å². The minimum atomic E-state index is -0.913. The molecule has 0 amide bonds. The Kier molecular flexibility index (Phi) is 3.28. The molecule has 1 saturated carbocycles. The summed E-state index contributed by atoms with van der Waals surface area (Å²) in [6.45, 7) is 5.80. The van der Waals surface area contributed by atoms with Crippen LogP contribution in [0.15, 0.2) is 6.07 Å². The van der Waals surface area contributed by atoms with Gasteiger partial charge in [0.05, 0.1) is 11.4 Å². The lowest BCUT2D eigenvalue weighted by Gasteiger charge is -2.28. The lowest BCUT2D eigenvalue weighted by Crippen LogP contribution is -2.32. The van der Waals surface area contributed by atoms with Gasteiger partial charge in [0.1, 0.15) is 5.56 Å². The molecule has 1 heterocycles. The Morgan fingerprint density at radius 2 is 2.00 bits per heavy atom. The van der Waals surface area contributed by atoms with Crippen LogP contribution in [0.3, 0.4) is 0 Å². The fourth-order valence-electron chi connectivity index (χ4n) is 2.80. The van der Waals surface area contributed by atoms with E-state index in [9.17, 15) is 9.90 Å². The Bertz CT molecular complexity index is 477. The van der Waals surface area contributed by atoms with Crippen molar-refractivity contribution in [3.05, 3.63) is 23.0 Å². The third-order valence-electron chi connectivity index (χ3n) is 3.69. The maximum atomic E-state index is 11.4. The Morgan fingerprint density at radius 3 is 2.56 bits per heavy atom. The average Bonchev–Trinajstić information content (AvgIpc) is 2.62. The summed E-state index contributed by atoms with van der Waals surface area (Å²) in [6.07, 6.45) is 4.59. The second-order valence-electron chi connectivity index (χ2n) is 5.47. The van der Waals surface area contributed by atoms with Gasteiger partial charge in [0.15, 0.2) is 0 Å². The van der Waals surface area contributed by atoms with Crippen LogP contribution >= 0.6 is 0 Å². The summed E-state index contributed by atoms with van der Waals surface area (Å²) in [5.41, 5.74) is 2.45. The number of hydrogen-bond acceptors (Lipinski definition) is 3. The molecule has 4 nitrogen and oxygen atoms in total. The van der Waals surface area contributed by atoms with Gasteiger partial charge < -0.3 is 10.4 Å². The molecule has 1 aromatic heterocycles. The number of aromatic carboxylic acids is 1. The van der Waals surface area contributed by atoms with E-state index in [0.29, 0.717) is 16.9 Å². The lowest BCUT2D eigenvalue weighted by molar-refractivity contribution is 0.0696. The molecule has 1 aliphatic rings. The van der Waals surface area contributed by atoms with Crippen LogP contribution in [-0.2, 0) is 0 Å². The fourth-order valence-corrected chi connectivity index (χ4v) is 2.80. The van der Waals surface area contributed by atoms with Crippen molar-refractivity contribution < 1.29 is 9.90 Å². The minimum Gasteiger partial charge on any atom is -0.478 e. The first-order valence-corrected chi connectivity index (χ1v) is 6.41. The Labute approximate surface area is 107 Å². The lowest BCUT2D eigenvalue weighted by atomic mass is 9.99. The van der Waals surface area contributed by atoms with E-state index in [1.807, 2.05) is 13.0 Å². The molecule has 0 aliphatic heterocycles. The van der Waals surface area contributed by atoms with Gasteiger partial charge in [-0.05, 0) is 39.7 Å². The zero-order valence-corrected chi connectivity index (χ0v) is 11.2. The maximum absolute atomic E-state index is 11.4. The summed E-state index contributed by atoms with van der Waals surface area (Å²) in [5, 5.41) is 12.7. The van der Waals surface area contributed by atoms with E-state index in [1.54, 1.807) is 6.92 Å². The smallest absolute Gasteiger partial charge is 0.339 e. The van der Waals surface area contributed by atoms with E-state index in [-0.39, 0.29) is 5.54 Å². The second-order valence-corrected chi connectivity index (χ2v) is 5.47. The monoisotopic (exact) mass is 248 g/mol. The van der Waals surface area contributed by atoms with Crippen molar-refractivity contribution in [1.82, 2.24) is 4.98 Å². The van der Waals surface area contributed by atoms with Crippen LogP contribution in [-0.4, -0.2) is 21.6 Å². The van der Waals surface area contributed by atoms with Crippen molar-refractivity contribution in [2.24, 2.45) is 0 Å². The number of carboxylic acids is 1. The Morgan fingerprint density at radius 1 is 1.39 bits per heavy atom. The van der Waals surface area contributed by atoms with Crippen LogP contribution in [0.2, 0.25) is 0 Å². The van der Waals surface area contributed by atoms with Gasteiger partial charge in [0.25, 0.3) is 0 Å². The number of nitrogens with zero attached hydrogens (tertiary/aromatic N) is 1. The quantitative estimate of drug-likeness (QED) is 0.862. The van der Waals surface area contributed by atoms with Crippen molar-refractivity contribution in [2.45, 2.75) is 52.0 Å². The summed E-state index contributed by atoms with van der Waals surface area (Å²) >= 11 is 0. The molecule has 2 rings (SSSR count). The SMILES string of the molecule is Cc1cc(NC2(C)CCCC2)c(C(=O)O)c(C)n1. The molecule has 1 fully saturated rings. The molecule has 0 bridgehead atoms. The molecule has 0 aromatic carbocycles. The molecule has 0 unspecified atom stereocenters. The number of anilines is 1. The summed E-state index contributed by atoms with van der Waals surface area (Å²) in [7, 11) is 0. The van der Waals surface area contributed by atoms with E-state index in [0.717, 1.165) is 18.5 Å². The standard InChI is InChI=1S/C14H20N2O2/c1-9-8-11(12(13(17)18)10(2)15-9)16-14(3)6-4-5-7-14/h8H,4-7H2,1-3H3,(H,15,16)(H,17,18). The highest BCUT2D eigenvalue weighted by Gasteiger charge is 2.30. The van der Waals surface area contributed by atoms with Crippen LogP contribution in [0, 0.1) is 13.8 Å². The van der Waals surface area contributed by atoms with Crippen LogP contribution in [0.4, 0.5) is 5.69 Å². The third-order valence-corrected chi connectivity index (χ3v) is 3.69. The predicted molar refractivity (Wildman–Crippen MR) is 71.2 cm³/mol. The number of aryl methyl sites for hydroxylation is 2. The number of carboxylic acid groups (broad SMARTS) is 1. The number of pyridine rings is 1. The van der Waals surface area contributed by atoms with Gasteiger partial charge in [-0.3, -0.25) is 4.98 Å². The molecule has 1 aromatic rings. The Hall–Kier alpha value is -1.58. The second kappa shape index (κ2) is 4.59. The molecule has 0 saturated heterocycles. The highest BCUT2D eigenvalue weighted by Crippen LogP contribution is 2.34.